The summed E-state index contributed by atoms with van der Waals surface area (Å²) < 4.78 is 0.564. The minimum atomic E-state index is -0.367. The number of rotatable bonds is 7. The Balaban J connectivity index is 2.91. The largest absolute Gasteiger partial charge is 0.330 e. The van der Waals surface area contributed by atoms with Crippen molar-refractivity contribution in [2.24, 2.45) is 11.1 Å². The van der Waals surface area contributed by atoms with E-state index < -0.39 is 0 Å². The molecule has 5 nitrogen and oxygen atoms in total. The van der Waals surface area contributed by atoms with E-state index >= 15 is 0 Å². The summed E-state index contributed by atoms with van der Waals surface area (Å²) in [6.07, 6.45) is 0. The highest BCUT2D eigenvalue weighted by molar-refractivity contribution is 9.10. The van der Waals surface area contributed by atoms with E-state index in [2.05, 4.69) is 41.6 Å². The van der Waals surface area contributed by atoms with Crippen molar-refractivity contribution in [3.05, 3.63) is 38.3 Å². The molecule has 6 heteroatoms. The van der Waals surface area contributed by atoms with Crippen molar-refractivity contribution in [2.75, 3.05) is 19.6 Å². The first-order chi connectivity index (χ1) is 9.30. The Morgan fingerprint density at radius 1 is 1.45 bits per heavy atom. The Morgan fingerprint density at radius 2 is 2.10 bits per heavy atom. The van der Waals surface area contributed by atoms with Gasteiger partial charge in [-0.25, -0.2) is 0 Å². The molecule has 0 fully saturated rings. The quantitative estimate of drug-likeness (QED) is 0.609. The zero-order chi connectivity index (χ0) is 15.3. The predicted molar refractivity (Wildman–Crippen MR) is 84.6 cm³/mol. The third-order valence-corrected chi connectivity index (χ3v) is 4.22. The van der Waals surface area contributed by atoms with E-state index in [-0.39, 0.29) is 16.0 Å². The summed E-state index contributed by atoms with van der Waals surface area (Å²) in [6.45, 7) is 9.34. The zero-order valence-electron chi connectivity index (χ0n) is 12.2. The Bertz CT molecular complexity index is 477. The molecule has 0 amide bonds. The van der Waals surface area contributed by atoms with Gasteiger partial charge in [-0.2, -0.15) is 0 Å². The molecule has 2 N–H and O–H groups in total. The maximum Gasteiger partial charge on any atom is 0.283 e. The summed E-state index contributed by atoms with van der Waals surface area (Å²) in [5.41, 5.74) is 6.84. The Labute approximate surface area is 128 Å². The number of hydrogen-bond donors (Lipinski definition) is 1. The van der Waals surface area contributed by atoms with Crippen molar-refractivity contribution in [3.63, 3.8) is 0 Å². The van der Waals surface area contributed by atoms with Gasteiger partial charge in [0.05, 0.1) is 9.40 Å². The van der Waals surface area contributed by atoms with Crippen molar-refractivity contribution in [1.29, 1.82) is 0 Å². The minimum absolute atomic E-state index is 0.0310. The van der Waals surface area contributed by atoms with Gasteiger partial charge in [0.25, 0.3) is 5.69 Å². The third-order valence-electron chi connectivity index (χ3n) is 3.30. The van der Waals surface area contributed by atoms with Crippen molar-refractivity contribution in [2.45, 2.75) is 27.3 Å². The Hall–Kier alpha value is -0.980. The molecule has 0 aliphatic heterocycles. The average Bonchev–Trinajstić information content (AvgIpc) is 2.39. The molecule has 0 aromatic heterocycles. The van der Waals surface area contributed by atoms with Crippen LogP contribution in [-0.4, -0.2) is 29.5 Å². The first-order valence-corrected chi connectivity index (χ1v) is 7.44. The number of nitrogens with zero attached hydrogens (tertiary/aromatic N) is 2. The smallest absolute Gasteiger partial charge is 0.283 e. The van der Waals surface area contributed by atoms with E-state index in [1.54, 1.807) is 6.07 Å². The fraction of sp³-hybridized carbons (Fsp3) is 0.571. The van der Waals surface area contributed by atoms with Crippen LogP contribution in [0.5, 0.6) is 0 Å². The normalized spacial score (nSPS) is 11.9. The lowest BCUT2D eigenvalue weighted by molar-refractivity contribution is -0.385. The van der Waals surface area contributed by atoms with Gasteiger partial charge in [0.1, 0.15) is 0 Å². The number of nitro groups is 1. The van der Waals surface area contributed by atoms with E-state index in [1.165, 1.54) is 6.07 Å². The lowest BCUT2D eigenvalue weighted by Gasteiger charge is -2.31. The van der Waals surface area contributed by atoms with Crippen LogP contribution < -0.4 is 5.73 Å². The van der Waals surface area contributed by atoms with Crippen molar-refractivity contribution < 1.29 is 4.92 Å². The maximum absolute atomic E-state index is 10.9. The lowest BCUT2D eigenvalue weighted by Crippen LogP contribution is -2.38. The van der Waals surface area contributed by atoms with Gasteiger partial charge in [-0.1, -0.05) is 32.9 Å². The van der Waals surface area contributed by atoms with Gasteiger partial charge >= 0.3 is 0 Å². The summed E-state index contributed by atoms with van der Waals surface area (Å²) in [4.78, 5) is 12.8. The van der Waals surface area contributed by atoms with Crippen LogP contribution in [0.3, 0.4) is 0 Å². The van der Waals surface area contributed by atoms with Gasteiger partial charge in [0, 0.05) is 19.2 Å². The van der Waals surface area contributed by atoms with Crippen LogP contribution in [0.1, 0.15) is 26.3 Å². The number of nitrogens with two attached hydrogens (primary N) is 1. The molecule has 0 spiro atoms. The van der Waals surface area contributed by atoms with E-state index in [0.717, 1.165) is 18.7 Å². The Morgan fingerprint density at radius 3 is 2.60 bits per heavy atom. The van der Waals surface area contributed by atoms with Crippen molar-refractivity contribution in [3.8, 4) is 0 Å². The summed E-state index contributed by atoms with van der Waals surface area (Å²) in [6, 6.07) is 5.14. The molecule has 0 bridgehead atoms. The lowest BCUT2D eigenvalue weighted by atomic mass is 9.93. The van der Waals surface area contributed by atoms with Gasteiger partial charge in [0.2, 0.25) is 0 Å². The predicted octanol–water partition coefficient (Wildman–Crippen LogP) is 3.16. The van der Waals surface area contributed by atoms with Crippen molar-refractivity contribution >= 4 is 21.6 Å². The number of halogens is 1. The van der Waals surface area contributed by atoms with Gasteiger partial charge < -0.3 is 5.73 Å². The molecule has 1 aromatic carbocycles. The minimum Gasteiger partial charge on any atom is -0.330 e. The van der Waals surface area contributed by atoms with Gasteiger partial charge in [-0.15, -0.1) is 0 Å². The van der Waals surface area contributed by atoms with Crippen LogP contribution >= 0.6 is 15.9 Å². The highest BCUT2D eigenvalue weighted by atomic mass is 79.9. The summed E-state index contributed by atoms with van der Waals surface area (Å²) in [5, 5.41) is 10.9. The zero-order valence-corrected chi connectivity index (χ0v) is 13.8. The number of hydrogen-bond acceptors (Lipinski definition) is 4. The highest BCUT2D eigenvalue weighted by Crippen LogP contribution is 2.29. The molecule has 112 valence electrons. The molecular weight excluding hydrogens is 322 g/mol. The molecule has 0 unspecified atom stereocenters. The van der Waals surface area contributed by atoms with Gasteiger partial charge in [-0.05, 0) is 40.0 Å². The summed E-state index contributed by atoms with van der Waals surface area (Å²) in [7, 11) is 0. The summed E-state index contributed by atoms with van der Waals surface area (Å²) in [5.74, 6) is 0. The van der Waals surface area contributed by atoms with Crippen LogP contribution in [0.15, 0.2) is 22.7 Å². The fourth-order valence-electron chi connectivity index (χ4n) is 2.02. The first-order valence-electron chi connectivity index (χ1n) is 6.65. The summed E-state index contributed by atoms with van der Waals surface area (Å²) >= 11 is 3.34. The molecule has 1 aromatic rings. The van der Waals surface area contributed by atoms with Crippen LogP contribution in [0.4, 0.5) is 5.69 Å². The highest BCUT2D eigenvalue weighted by Gasteiger charge is 2.21. The van der Waals surface area contributed by atoms with E-state index in [1.807, 2.05) is 6.07 Å². The molecule has 0 heterocycles. The second-order valence-corrected chi connectivity index (χ2v) is 6.47. The SMILES string of the molecule is CCN(Cc1cccc([N+](=O)[O-])c1Br)CC(C)(C)CN. The molecule has 0 saturated heterocycles. The molecule has 0 saturated carbocycles. The number of nitro benzene ring substituents is 1. The standard InChI is InChI=1S/C14H22BrN3O2/c1-4-17(10-14(2,3)9-16)8-11-6-5-7-12(13(11)15)18(19)20/h5-7H,4,8-10,16H2,1-3H3. The van der Waals surface area contributed by atoms with Crippen LogP contribution in [0.2, 0.25) is 0 Å². The number of benzene rings is 1. The molecule has 1 rings (SSSR count). The van der Waals surface area contributed by atoms with Crippen LogP contribution in [0.25, 0.3) is 0 Å². The van der Waals surface area contributed by atoms with Crippen LogP contribution in [-0.2, 0) is 6.54 Å². The molecule has 0 atom stereocenters. The average molecular weight is 344 g/mol. The maximum atomic E-state index is 10.9. The van der Waals surface area contributed by atoms with E-state index in [4.69, 9.17) is 5.73 Å². The van der Waals surface area contributed by atoms with E-state index in [0.29, 0.717) is 17.6 Å². The third kappa shape index (κ3) is 4.54. The van der Waals surface area contributed by atoms with Gasteiger partial charge in [0.15, 0.2) is 0 Å². The first kappa shape index (κ1) is 17.1. The van der Waals surface area contributed by atoms with Gasteiger partial charge in [-0.3, -0.25) is 15.0 Å². The molecule has 0 radical (unpaired) electrons. The van der Waals surface area contributed by atoms with E-state index in [9.17, 15) is 10.1 Å². The fourth-order valence-corrected chi connectivity index (χ4v) is 2.55. The molecule has 0 aliphatic carbocycles. The van der Waals surface area contributed by atoms with Crippen molar-refractivity contribution in [1.82, 2.24) is 4.90 Å². The monoisotopic (exact) mass is 343 g/mol. The topological polar surface area (TPSA) is 72.4 Å². The second kappa shape index (κ2) is 7.15. The Kier molecular flexibility index (Phi) is 6.10. The molecule has 20 heavy (non-hydrogen) atoms. The molecule has 0 aliphatic rings. The van der Waals surface area contributed by atoms with Crippen LogP contribution in [0, 0.1) is 15.5 Å². The second-order valence-electron chi connectivity index (χ2n) is 5.68. The molecular formula is C14H22BrN3O2.